The monoisotopic (exact) mass is 484 g/mol. The summed E-state index contributed by atoms with van der Waals surface area (Å²) < 4.78 is 6.25. The molecule has 1 unspecified atom stereocenters. The molecule has 1 aromatic heterocycles. The van der Waals surface area contributed by atoms with Crippen LogP contribution >= 0.6 is 11.3 Å². The number of hydrogen-bond acceptors (Lipinski definition) is 6. The summed E-state index contributed by atoms with van der Waals surface area (Å²) in [5.74, 6) is -0.420. The lowest BCUT2D eigenvalue weighted by Crippen LogP contribution is -2.60. The zero-order valence-corrected chi connectivity index (χ0v) is 20.8. The second-order valence-electron chi connectivity index (χ2n) is 9.13. The van der Waals surface area contributed by atoms with Crippen LogP contribution in [0, 0.1) is 6.92 Å². The molecule has 1 aromatic carbocycles. The largest absolute Gasteiger partial charge is 0.353 e. The van der Waals surface area contributed by atoms with Crippen molar-refractivity contribution in [3.8, 4) is 0 Å². The number of nitrogens with one attached hydrogen (secondary N) is 1. The van der Waals surface area contributed by atoms with E-state index in [0.29, 0.717) is 49.5 Å². The van der Waals surface area contributed by atoms with Crippen LogP contribution in [0.5, 0.6) is 0 Å². The van der Waals surface area contributed by atoms with E-state index >= 15 is 0 Å². The molecule has 182 valence electrons. The van der Waals surface area contributed by atoms with Gasteiger partial charge in [-0.1, -0.05) is 24.3 Å². The number of benzene rings is 1. The number of hydrogen-bond donors (Lipinski definition) is 1. The van der Waals surface area contributed by atoms with Crippen molar-refractivity contribution in [1.82, 2.24) is 20.0 Å². The van der Waals surface area contributed by atoms with Gasteiger partial charge in [-0.15, -0.1) is 11.3 Å². The van der Waals surface area contributed by atoms with Gasteiger partial charge in [-0.05, 0) is 44.1 Å². The predicted molar refractivity (Wildman–Crippen MR) is 131 cm³/mol. The Kier molecular flexibility index (Phi) is 7.35. The van der Waals surface area contributed by atoms with Crippen LogP contribution in [0.25, 0.3) is 0 Å². The Balaban J connectivity index is 1.56. The second-order valence-corrected chi connectivity index (χ2v) is 10.1. The number of carbonyl (C=O) groups excluding carboxylic acids is 3. The summed E-state index contributed by atoms with van der Waals surface area (Å²) in [5.41, 5.74) is 0.511. The normalized spacial score (nSPS) is 19.6. The van der Waals surface area contributed by atoms with Gasteiger partial charge in [0.25, 0.3) is 11.8 Å². The first-order chi connectivity index (χ1) is 16.3. The Bertz CT molecular complexity index is 1030. The van der Waals surface area contributed by atoms with E-state index in [0.717, 1.165) is 5.56 Å². The van der Waals surface area contributed by atoms with Gasteiger partial charge in [-0.3, -0.25) is 19.3 Å². The third-order valence-corrected chi connectivity index (χ3v) is 7.44. The molecule has 2 saturated heterocycles. The molecule has 2 aliphatic heterocycles. The Morgan fingerprint density at radius 3 is 2.50 bits per heavy atom. The fourth-order valence-corrected chi connectivity index (χ4v) is 5.34. The van der Waals surface area contributed by atoms with Crippen LogP contribution in [0.4, 0.5) is 0 Å². The van der Waals surface area contributed by atoms with Crippen LogP contribution in [0.3, 0.4) is 0 Å². The molecule has 8 nitrogen and oxygen atoms in total. The summed E-state index contributed by atoms with van der Waals surface area (Å²) in [6.45, 7) is 4.16. The lowest BCUT2D eigenvalue weighted by molar-refractivity contribution is -0.128. The third-order valence-electron chi connectivity index (χ3n) is 6.58. The lowest BCUT2D eigenvalue weighted by atomic mass is 9.95. The standard InChI is InChI=1S/C25H32N4O4S/c1-18-7-4-5-8-19(18)23(31)29-20(22(30)26-12-15-27(2)3)17-33-25(29)10-13-28(14-11-25)24(32)21-9-6-16-34-21/h4-9,16,20H,10-15,17H2,1-3H3,(H,26,30). The number of piperidine rings is 1. The van der Waals surface area contributed by atoms with E-state index in [1.165, 1.54) is 11.3 Å². The van der Waals surface area contributed by atoms with Gasteiger partial charge < -0.3 is 19.9 Å². The molecular weight excluding hydrogens is 452 g/mol. The Morgan fingerprint density at radius 2 is 1.85 bits per heavy atom. The smallest absolute Gasteiger partial charge is 0.263 e. The fraction of sp³-hybridized carbons (Fsp3) is 0.480. The van der Waals surface area contributed by atoms with E-state index in [1.807, 2.05) is 61.6 Å². The summed E-state index contributed by atoms with van der Waals surface area (Å²) in [6, 6.07) is 10.4. The van der Waals surface area contributed by atoms with Crippen LogP contribution in [-0.4, -0.2) is 91.1 Å². The van der Waals surface area contributed by atoms with E-state index < -0.39 is 11.8 Å². The first kappa shape index (κ1) is 24.4. The Labute approximate surface area is 204 Å². The highest BCUT2D eigenvalue weighted by molar-refractivity contribution is 7.12. The van der Waals surface area contributed by atoms with E-state index in [1.54, 1.807) is 15.9 Å². The highest BCUT2D eigenvalue weighted by Crippen LogP contribution is 2.39. The molecule has 1 N–H and O–H groups in total. The molecule has 0 aliphatic carbocycles. The predicted octanol–water partition coefficient (Wildman–Crippen LogP) is 2.21. The van der Waals surface area contributed by atoms with Crippen molar-refractivity contribution in [2.75, 3.05) is 46.9 Å². The van der Waals surface area contributed by atoms with Crippen LogP contribution in [0.2, 0.25) is 0 Å². The van der Waals surface area contributed by atoms with Crippen molar-refractivity contribution in [3.63, 3.8) is 0 Å². The van der Waals surface area contributed by atoms with Crippen molar-refractivity contribution in [2.24, 2.45) is 0 Å². The van der Waals surface area contributed by atoms with E-state index in [2.05, 4.69) is 5.32 Å². The van der Waals surface area contributed by atoms with Crippen LogP contribution in [0.15, 0.2) is 41.8 Å². The topological polar surface area (TPSA) is 82.2 Å². The lowest BCUT2D eigenvalue weighted by Gasteiger charge is -2.44. The summed E-state index contributed by atoms with van der Waals surface area (Å²) >= 11 is 1.42. The number of likely N-dealkylation sites (N-methyl/N-ethyl adjacent to an activating group) is 1. The number of amides is 3. The minimum atomic E-state index is -0.908. The third kappa shape index (κ3) is 4.87. The van der Waals surface area contributed by atoms with Gasteiger partial charge in [0, 0.05) is 44.6 Å². The zero-order chi connectivity index (χ0) is 24.3. The average Bonchev–Trinajstić information content (AvgIpc) is 3.48. The molecule has 4 rings (SSSR count). The number of likely N-dealkylation sites (tertiary alicyclic amines) is 1. The number of ether oxygens (including phenoxy) is 1. The molecule has 2 aliphatic rings. The minimum absolute atomic E-state index is 0.00222. The molecule has 0 radical (unpaired) electrons. The van der Waals surface area contributed by atoms with Crippen molar-refractivity contribution in [3.05, 3.63) is 57.8 Å². The Hall–Kier alpha value is -2.75. The first-order valence-electron chi connectivity index (χ1n) is 11.6. The maximum Gasteiger partial charge on any atom is 0.263 e. The van der Waals surface area contributed by atoms with Crippen molar-refractivity contribution in [2.45, 2.75) is 31.5 Å². The highest BCUT2D eigenvalue weighted by atomic mass is 32.1. The zero-order valence-electron chi connectivity index (χ0n) is 20.0. The molecule has 2 fully saturated rings. The molecule has 1 atom stereocenters. The number of rotatable bonds is 6. The van der Waals surface area contributed by atoms with Crippen molar-refractivity contribution >= 4 is 29.1 Å². The molecule has 1 spiro atoms. The summed E-state index contributed by atoms with van der Waals surface area (Å²) in [4.78, 5) is 45.9. The molecule has 3 heterocycles. The fourth-order valence-electron chi connectivity index (χ4n) is 4.65. The second kappa shape index (κ2) is 10.2. The summed E-state index contributed by atoms with van der Waals surface area (Å²) in [5, 5.41) is 4.85. The van der Waals surface area contributed by atoms with Gasteiger partial charge in [0.15, 0.2) is 0 Å². The Morgan fingerprint density at radius 1 is 1.12 bits per heavy atom. The number of aryl methyl sites for hydroxylation is 1. The van der Waals surface area contributed by atoms with Gasteiger partial charge in [-0.25, -0.2) is 0 Å². The van der Waals surface area contributed by atoms with E-state index in [9.17, 15) is 14.4 Å². The minimum Gasteiger partial charge on any atom is -0.353 e. The quantitative estimate of drug-likeness (QED) is 0.680. The van der Waals surface area contributed by atoms with E-state index in [-0.39, 0.29) is 24.3 Å². The van der Waals surface area contributed by atoms with Gasteiger partial charge in [-0.2, -0.15) is 0 Å². The van der Waals surface area contributed by atoms with Crippen LogP contribution < -0.4 is 5.32 Å². The maximum atomic E-state index is 13.8. The molecule has 3 amide bonds. The molecule has 34 heavy (non-hydrogen) atoms. The van der Waals surface area contributed by atoms with Gasteiger partial charge >= 0.3 is 0 Å². The van der Waals surface area contributed by atoms with Crippen LogP contribution in [-0.2, 0) is 9.53 Å². The van der Waals surface area contributed by atoms with Crippen LogP contribution in [0.1, 0.15) is 38.4 Å². The number of carbonyl (C=O) groups is 3. The maximum absolute atomic E-state index is 13.8. The van der Waals surface area contributed by atoms with Gasteiger partial charge in [0.2, 0.25) is 5.91 Å². The number of nitrogens with zero attached hydrogens (tertiary/aromatic N) is 3. The summed E-state index contributed by atoms with van der Waals surface area (Å²) in [7, 11) is 3.89. The SMILES string of the molecule is Cc1ccccc1C(=O)N1C(C(=O)NCCN(C)C)COC12CCN(C(=O)c1cccs1)CC2. The van der Waals surface area contributed by atoms with E-state index in [4.69, 9.17) is 4.74 Å². The molecule has 0 saturated carbocycles. The van der Waals surface area contributed by atoms with Crippen molar-refractivity contribution < 1.29 is 19.1 Å². The molecular formula is C25H32N4O4S. The molecule has 9 heteroatoms. The van der Waals surface area contributed by atoms with Gasteiger partial charge in [0.1, 0.15) is 11.8 Å². The van der Waals surface area contributed by atoms with Gasteiger partial charge in [0.05, 0.1) is 11.5 Å². The average molecular weight is 485 g/mol. The summed E-state index contributed by atoms with van der Waals surface area (Å²) in [6.07, 6.45) is 0.923. The highest BCUT2D eigenvalue weighted by Gasteiger charge is 2.54. The molecule has 2 aromatic rings. The number of thiophene rings is 1. The molecule has 0 bridgehead atoms. The van der Waals surface area contributed by atoms with Crippen molar-refractivity contribution in [1.29, 1.82) is 0 Å². The first-order valence-corrected chi connectivity index (χ1v) is 12.5.